The average molecular weight is 507 g/mol. The van der Waals surface area contributed by atoms with Gasteiger partial charge in [-0.3, -0.25) is 14.5 Å². The lowest BCUT2D eigenvalue weighted by atomic mass is 9.78. The molecule has 9 nitrogen and oxygen atoms in total. The maximum Gasteiger partial charge on any atom is 0.225 e. The Morgan fingerprint density at radius 3 is 2.38 bits per heavy atom. The monoisotopic (exact) mass is 506 g/mol. The number of nitrogens with zero attached hydrogens (tertiary/aromatic N) is 4. The molecule has 198 valence electrons. The second kappa shape index (κ2) is 11.9. The molecule has 2 aliphatic carbocycles. The summed E-state index contributed by atoms with van der Waals surface area (Å²) in [4.78, 5) is 38.3. The van der Waals surface area contributed by atoms with Gasteiger partial charge in [-0.05, 0) is 56.0 Å². The van der Waals surface area contributed by atoms with Crippen molar-refractivity contribution in [2.45, 2.75) is 38.7 Å². The van der Waals surface area contributed by atoms with Crippen LogP contribution >= 0.6 is 0 Å². The number of fused-ring (bicyclic) bond motifs is 2. The number of carbonyl (C=O) groups is 2. The quantitative estimate of drug-likeness (QED) is 0.449. The summed E-state index contributed by atoms with van der Waals surface area (Å²) < 4.78 is 5.79. The van der Waals surface area contributed by atoms with Crippen LogP contribution in [0, 0.1) is 23.7 Å². The van der Waals surface area contributed by atoms with Crippen LogP contribution in [0.5, 0.6) is 5.75 Å². The third kappa shape index (κ3) is 6.21. The first-order valence-corrected chi connectivity index (χ1v) is 13.6. The van der Waals surface area contributed by atoms with Crippen LogP contribution in [-0.4, -0.2) is 66.0 Å². The second-order valence-electron chi connectivity index (χ2n) is 10.6. The van der Waals surface area contributed by atoms with E-state index < -0.39 is 0 Å². The van der Waals surface area contributed by atoms with Crippen molar-refractivity contribution >= 4 is 17.8 Å². The number of hydrogen-bond acceptors (Lipinski definition) is 7. The highest BCUT2D eigenvalue weighted by molar-refractivity contribution is 5.88. The lowest BCUT2D eigenvalue weighted by Gasteiger charge is -2.34. The number of carbonyl (C=O) groups excluding carboxylic acids is 2. The first-order valence-electron chi connectivity index (χ1n) is 13.6. The predicted octanol–water partition coefficient (Wildman–Crippen LogP) is 2.22. The first-order chi connectivity index (χ1) is 18.1. The number of aromatic nitrogens is 2. The minimum atomic E-state index is -0.302. The molecule has 0 radical (unpaired) electrons. The van der Waals surface area contributed by atoms with Gasteiger partial charge < -0.3 is 20.7 Å². The van der Waals surface area contributed by atoms with Crippen LogP contribution in [0.15, 0.2) is 42.7 Å². The van der Waals surface area contributed by atoms with Crippen molar-refractivity contribution in [1.82, 2.24) is 20.2 Å². The highest BCUT2D eigenvalue weighted by atomic mass is 16.5. The van der Waals surface area contributed by atoms with Crippen molar-refractivity contribution in [3.63, 3.8) is 0 Å². The molecule has 9 heteroatoms. The Bertz CT molecular complexity index is 1040. The third-order valence-corrected chi connectivity index (χ3v) is 8.27. The summed E-state index contributed by atoms with van der Waals surface area (Å²) in [5.41, 5.74) is 6.73. The van der Waals surface area contributed by atoms with E-state index in [4.69, 9.17) is 10.5 Å². The van der Waals surface area contributed by atoms with Crippen LogP contribution in [0.25, 0.3) is 0 Å². The summed E-state index contributed by atoms with van der Waals surface area (Å²) in [6, 6.07) is 10.0. The van der Waals surface area contributed by atoms with Gasteiger partial charge in [0, 0.05) is 32.7 Å². The van der Waals surface area contributed by atoms with Gasteiger partial charge in [-0.15, -0.1) is 0 Å². The summed E-state index contributed by atoms with van der Waals surface area (Å²) in [5, 5.41) is 3.08. The highest BCUT2D eigenvalue weighted by Crippen LogP contribution is 2.52. The summed E-state index contributed by atoms with van der Waals surface area (Å²) >= 11 is 0. The molecule has 37 heavy (non-hydrogen) atoms. The van der Waals surface area contributed by atoms with Crippen LogP contribution in [0.3, 0.4) is 0 Å². The zero-order chi connectivity index (χ0) is 25.6. The number of nitrogens with one attached hydrogen (secondary N) is 1. The lowest BCUT2D eigenvalue weighted by molar-refractivity contribution is -0.135. The van der Waals surface area contributed by atoms with Gasteiger partial charge in [0.2, 0.25) is 17.8 Å². The summed E-state index contributed by atoms with van der Waals surface area (Å²) in [7, 11) is 0. The fourth-order valence-electron chi connectivity index (χ4n) is 6.33. The molecule has 0 unspecified atom stereocenters. The van der Waals surface area contributed by atoms with E-state index in [1.165, 1.54) is 0 Å². The van der Waals surface area contributed by atoms with Crippen LogP contribution < -0.4 is 20.7 Å². The number of ether oxygens (including phenoxy) is 1. The van der Waals surface area contributed by atoms with Gasteiger partial charge >= 0.3 is 0 Å². The van der Waals surface area contributed by atoms with Crippen LogP contribution in [0.2, 0.25) is 0 Å². The zero-order valence-electron chi connectivity index (χ0n) is 21.4. The van der Waals surface area contributed by atoms with Crippen LogP contribution in [-0.2, 0) is 16.2 Å². The molecule has 1 aliphatic heterocycles. The topological polar surface area (TPSA) is 114 Å². The number of unbranched alkanes of at least 4 members (excludes halogenated alkanes) is 1. The Morgan fingerprint density at radius 2 is 1.68 bits per heavy atom. The van der Waals surface area contributed by atoms with Gasteiger partial charge in [-0.1, -0.05) is 30.3 Å². The largest absolute Gasteiger partial charge is 0.486 e. The minimum absolute atomic E-state index is 0.0288. The number of nitrogens with two attached hydrogens (primary N) is 1. The van der Waals surface area contributed by atoms with E-state index in [0.717, 1.165) is 76.3 Å². The van der Waals surface area contributed by atoms with Gasteiger partial charge in [-0.25, -0.2) is 9.97 Å². The number of rotatable bonds is 11. The fourth-order valence-corrected chi connectivity index (χ4v) is 6.33. The van der Waals surface area contributed by atoms with Gasteiger partial charge in [0.1, 0.15) is 6.61 Å². The third-order valence-electron chi connectivity index (χ3n) is 8.27. The van der Waals surface area contributed by atoms with E-state index >= 15 is 0 Å². The standard InChI is InChI=1S/C28H38N6O3/c29-26(35)24-21-8-9-22(16-21)25(24)27(36)30-10-4-5-11-33-12-14-34(15-13-33)28-31-17-23(18-32-28)37-19-20-6-2-1-3-7-20/h1-3,6-7,17-18,21-22,24-25H,4-5,8-16,19H2,(H2,29,35)(H,30,36)/t21-,22+,24+,25-/m1/s1. The van der Waals surface area contributed by atoms with Crippen molar-refractivity contribution in [1.29, 1.82) is 0 Å². The van der Waals surface area contributed by atoms with Crippen molar-refractivity contribution in [2.24, 2.45) is 29.4 Å². The number of hydrogen-bond donors (Lipinski definition) is 2. The first kappa shape index (κ1) is 25.4. The molecule has 4 atom stereocenters. The van der Waals surface area contributed by atoms with Gasteiger partial charge in [0.05, 0.1) is 24.2 Å². The average Bonchev–Trinajstić information content (AvgIpc) is 3.55. The van der Waals surface area contributed by atoms with Crippen molar-refractivity contribution < 1.29 is 14.3 Å². The van der Waals surface area contributed by atoms with Crippen molar-refractivity contribution in [3.05, 3.63) is 48.3 Å². The Kier molecular flexibility index (Phi) is 8.18. The highest BCUT2D eigenvalue weighted by Gasteiger charge is 2.53. The normalized spacial score (nSPS) is 25.2. The zero-order valence-corrected chi connectivity index (χ0v) is 21.4. The molecule has 3 aliphatic rings. The molecule has 2 aromatic rings. The number of primary amides is 1. The van der Waals surface area contributed by atoms with Crippen LogP contribution in [0.4, 0.5) is 5.95 Å². The minimum Gasteiger partial charge on any atom is -0.486 e. The SMILES string of the molecule is NC(=O)[C@H]1[C@@H]2CC[C@@H](C2)[C@H]1C(=O)NCCCCN1CCN(c2ncc(OCc3ccccc3)cn2)CC1. The molecular weight excluding hydrogens is 468 g/mol. The van der Waals surface area contributed by atoms with Crippen molar-refractivity contribution in [2.75, 3.05) is 44.2 Å². The molecule has 2 bridgehead atoms. The molecule has 3 fully saturated rings. The second-order valence-corrected chi connectivity index (χ2v) is 10.6. The molecule has 1 aromatic heterocycles. The van der Waals surface area contributed by atoms with Gasteiger partial charge in [-0.2, -0.15) is 0 Å². The van der Waals surface area contributed by atoms with E-state index in [1.54, 1.807) is 12.4 Å². The molecule has 5 rings (SSSR count). The summed E-state index contributed by atoms with van der Waals surface area (Å²) in [6.07, 6.45) is 8.52. The summed E-state index contributed by atoms with van der Waals surface area (Å²) in [5.74, 6) is 1.31. The van der Waals surface area contributed by atoms with Gasteiger partial charge in [0.15, 0.2) is 5.75 Å². The van der Waals surface area contributed by atoms with E-state index in [-0.39, 0.29) is 23.7 Å². The Labute approximate surface area is 218 Å². The number of piperazine rings is 1. The van der Waals surface area contributed by atoms with E-state index in [1.807, 2.05) is 30.3 Å². The van der Waals surface area contributed by atoms with Crippen molar-refractivity contribution in [3.8, 4) is 5.75 Å². The Hall–Kier alpha value is -3.20. The number of anilines is 1. The molecule has 1 aromatic carbocycles. The molecule has 3 N–H and O–H groups in total. The summed E-state index contributed by atoms with van der Waals surface area (Å²) in [6.45, 7) is 5.88. The molecule has 0 spiro atoms. The maximum absolute atomic E-state index is 12.8. The molecule has 2 saturated carbocycles. The molecular formula is C28H38N6O3. The Balaban J connectivity index is 0.968. The number of amides is 2. The lowest BCUT2D eigenvalue weighted by Crippen LogP contribution is -2.47. The molecule has 2 amide bonds. The van der Waals surface area contributed by atoms with E-state index in [2.05, 4.69) is 25.1 Å². The number of benzene rings is 1. The van der Waals surface area contributed by atoms with E-state index in [0.29, 0.717) is 30.7 Å². The fraction of sp³-hybridized carbons (Fsp3) is 0.571. The van der Waals surface area contributed by atoms with E-state index in [9.17, 15) is 9.59 Å². The Morgan fingerprint density at radius 1 is 0.973 bits per heavy atom. The maximum atomic E-state index is 12.8. The smallest absolute Gasteiger partial charge is 0.225 e. The van der Waals surface area contributed by atoms with Crippen LogP contribution in [0.1, 0.15) is 37.7 Å². The molecule has 2 heterocycles. The predicted molar refractivity (Wildman–Crippen MR) is 141 cm³/mol. The molecule has 1 saturated heterocycles. The van der Waals surface area contributed by atoms with Gasteiger partial charge in [0.25, 0.3) is 0 Å².